The molecule has 3 N–H and O–H groups in total. The zero-order valence-corrected chi connectivity index (χ0v) is 11.1. The Kier molecular flexibility index (Phi) is 4.92. The molecule has 1 rings (SSSR count). The van der Waals surface area contributed by atoms with Gasteiger partial charge in [-0.1, -0.05) is 6.07 Å². The van der Waals surface area contributed by atoms with Crippen molar-refractivity contribution in [2.24, 2.45) is 5.73 Å². The highest BCUT2D eigenvalue weighted by molar-refractivity contribution is 9.10. The Morgan fingerprint density at radius 2 is 2.12 bits per heavy atom. The number of aliphatic hydroxyl groups excluding tert-OH is 1. The number of benzene rings is 1. The summed E-state index contributed by atoms with van der Waals surface area (Å²) in [6, 6.07) is 3.84. The third kappa shape index (κ3) is 3.18. The molecule has 0 bridgehead atoms. The van der Waals surface area contributed by atoms with Gasteiger partial charge in [-0.2, -0.15) is 0 Å². The molecule has 5 nitrogen and oxygen atoms in total. The predicted molar refractivity (Wildman–Crippen MR) is 65.6 cm³/mol. The molecular formula is C11H14BrNO4. The molecule has 0 aliphatic heterocycles. The summed E-state index contributed by atoms with van der Waals surface area (Å²) in [5.41, 5.74) is 6.06. The lowest BCUT2D eigenvalue weighted by Gasteiger charge is -2.17. The molecule has 1 aromatic rings. The van der Waals surface area contributed by atoms with Crippen LogP contribution in [0.25, 0.3) is 0 Å². The van der Waals surface area contributed by atoms with Crippen molar-refractivity contribution in [1.82, 2.24) is 0 Å². The van der Waals surface area contributed by atoms with Gasteiger partial charge in [-0.25, -0.2) is 0 Å². The highest BCUT2D eigenvalue weighted by Crippen LogP contribution is 2.28. The molecule has 17 heavy (non-hydrogen) atoms. The number of rotatable bonds is 4. The summed E-state index contributed by atoms with van der Waals surface area (Å²) in [5.74, 6) is -0.0305. The molecule has 0 aliphatic carbocycles. The summed E-state index contributed by atoms with van der Waals surface area (Å²) in [4.78, 5) is 11.2. The first kappa shape index (κ1) is 14.0. The minimum atomic E-state index is -1.12. The van der Waals surface area contributed by atoms with Crippen LogP contribution >= 0.6 is 15.9 Å². The van der Waals surface area contributed by atoms with E-state index in [0.29, 0.717) is 15.8 Å². The summed E-state index contributed by atoms with van der Waals surface area (Å²) in [6.07, 6.45) is -1.12. The first-order chi connectivity index (χ1) is 8.01. The SMILES string of the molecule is COC(=O)[C@H](N)[C@@H](O)c1ccc(OC)c(Br)c1. The molecule has 0 saturated carbocycles. The first-order valence-corrected chi connectivity index (χ1v) is 5.65. The topological polar surface area (TPSA) is 81.8 Å². The molecule has 0 heterocycles. The van der Waals surface area contributed by atoms with Gasteiger partial charge in [0.25, 0.3) is 0 Å². The molecule has 0 unspecified atom stereocenters. The highest BCUT2D eigenvalue weighted by Gasteiger charge is 2.25. The van der Waals surface area contributed by atoms with E-state index in [0.717, 1.165) is 0 Å². The number of hydrogen-bond acceptors (Lipinski definition) is 5. The number of aliphatic hydroxyl groups is 1. The fourth-order valence-electron chi connectivity index (χ4n) is 1.34. The summed E-state index contributed by atoms with van der Waals surface area (Å²) >= 11 is 3.29. The fraction of sp³-hybridized carbons (Fsp3) is 0.364. The van der Waals surface area contributed by atoms with Crippen LogP contribution in [0.4, 0.5) is 0 Å². The molecule has 1 aromatic carbocycles. The molecule has 0 amide bonds. The number of ether oxygens (including phenoxy) is 2. The third-order valence-corrected chi connectivity index (χ3v) is 2.95. The number of nitrogens with two attached hydrogens (primary N) is 1. The van der Waals surface area contributed by atoms with E-state index in [1.165, 1.54) is 14.2 Å². The zero-order chi connectivity index (χ0) is 13.0. The number of esters is 1. The molecule has 2 atom stereocenters. The number of methoxy groups -OCH3 is 2. The van der Waals surface area contributed by atoms with E-state index >= 15 is 0 Å². The lowest BCUT2D eigenvalue weighted by Crippen LogP contribution is -2.37. The van der Waals surface area contributed by atoms with Crippen LogP contribution < -0.4 is 10.5 Å². The average molecular weight is 304 g/mol. The quantitative estimate of drug-likeness (QED) is 0.811. The van der Waals surface area contributed by atoms with Gasteiger partial charge in [0.1, 0.15) is 17.9 Å². The van der Waals surface area contributed by atoms with Gasteiger partial charge in [0, 0.05) is 0 Å². The molecule has 0 fully saturated rings. The Morgan fingerprint density at radius 1 is 1.47 bits per heavy atom. The number of carbonyl (C=O) groups excluding carboxylic acids is 1. The van der Waals surface area contributed by atoms with Gasteiger partial charge in [-0.05, 0) is 33.6 Å². The van der Waals surface area contributed by atoms with Crippen LogP contribution in [0.15, 0.2) is 22.7 Å². The van der Waals surface area contributed by atoms with Crippen LogP contribution in [-0.2, 0) is 9.53 Å². The lowest BCUT2D eigenvalue weighted by atomic mass is 10.0. The van der Waals surface area contributed by atoms with Crippen LogP contribution in [-0.4, -0.2) is 31.3 Å². The summed E-state index contributed by atoms with van der Waals surface area (Å²) in [7, 11) is 2.76. The first-order valence-electron chi connectivity index (χ1n) is 4.86. The van der Waals surface area contributed by atoms with Crippen molar-refractivity contribution in [2.45, 2.75) is 12.1 Å². The molecule has 0 aliphatic rings. The zero-order valence-electron chi connectivity index (χ0n) is 9.51. The summed E-state index contributed by atoms with van der Waals surface area (Å²) < 4.78 is 10.2. The van der Waals surface area contributed by atoms with E-state index in [2.05, 4.69) is 20.7 Å². The van der Waals surface area contributed by atoms with Crippen molar-refractivity contribution in [1.29, 1.82) is 0 Å². The Hall–Kier alpha value is -1.11. The molecule has 0 saturated heterocycles. The Balaban J connectivity index is 2.93. The van der Waals surface area contributed by atoms with E-state index in [9.17, 15) is 9.90 Å². The van der Waals surface area contributed by atoms with Gasteiger partial charge in [0.2, 0.25) is 0 Å². The van der Waals surface area contributed by atoms with Crippen molar-refractivity contribution < 1.29 is 19.4 Å². The van der Waals surface area contributed by atoms with Crippen LogP contribution in [0, 0.1) is 0 Å². The largest absolute Gasteiger partial charge is 0.496 e. The molecule has 6 heteroatoms. The van der Waals surface area contributed by atoms with E-state index in [1.54, 1.807) is 18.2 Å². The maximum absolute atomic E-state index is 11.2. The third-order valence-electron chi connectivity index (χ3n) is 2.33. The molecule has 0 aromatic heterocycles. The van der Waals surface area contributed by atoms with Crippen molar-refractivity contribution in [3.05, 3.63) is 28.2 Å². The standard InChI is InChI=1S/C11H14BrNO4/c1-16-8-4-3-6(5-7(8)12)10(14)9(13)11(15)17-2/h3-5,9-10,14H,13H2,1-2H3/t9-,10+/m1/s1. The lowest BCUT2D eigenvalue weighted by molar-refractivity contribution is -0.145. The molecule has 0 radical (unpaired) electrons. The van der Waals surface area contributed by atoms with Gasteiger partial charge in [0.15, 0.2) is 0 Å². The van der Waals surface area contributed by atoms with E-state index in [-0.39, 0.29) is 0 Å². The second-order valence-corrected chi connectivity index (χ2v) is 4.24. The van der Waals surface area contributed by atoms with Crippen molar-refractivity contribution in [3.8, 4) is 5.75 Å². The Morgan fingerprint density at radius 3 is 2.59 bits per heavy atom. The minimum absolute atomic E-state index is 0.510. The van der Waals surface area contributed by atoms with Gasteiger partial charge in [0.05, 0.1) is 18.7 Å². The van der Waals surface area contributed by atoms with Crippen LogP contribution in [0.5, 0.6) is 5.75 Å². The summed E-state index contributed by atoms with van der Waals surface area (Å²) in [5, 5.41) is 9.89. The van der Waals surface area contributed by atoms with Gasteiger partial charge in [-0.3, -0.25) is 4.79 Å². The van der Waals surface area contributed by atoms with Gasteiger partial charge in [-0.15, -0.1) is 0 Å². The van der Waals surface area contributed by atoms with Gasteiger partial charge < -0.3 is 20.3 Å². The number of halogens is 1. The maximum Gasteiger partial charge on any atom is 0.325 e. The smallest absolute Gasteiger partial charge is 0.325 e. The van der Waals surface area contributed by atoms with Crippen LogP contribution in [0.2, 0.25) is 0 Å². The Labute approximate surface area is 108 Å². The average Bonchev–Trinajstić information content (AvgIpc) is 2.35. The van der Waals surface area contributed by atoms with E-state index in [4.69, 9.17) is 10.5 Å². The molecule has 94 valence electrons. The van der Waals surface area contributed by atoms with Crippen molar-refractivity contribution in [2.75, 3.05) is 14.2 Å². The van der Waals surface area contributed by atoms with Gasteiger partial charge >= 0.3 is 5.97 Å². The van der Waals surface area contributed by atoms with Crippen LogP contribution in [0.3, 0.4) is 0 Å². The van der Waals surface area contributed by atoms with E-state index in [1.807, 2.05) is 0 Å². The maximum atomic E-state index is 11.2. The van der Waals surface area contributed by atoms with E-state index < -0.39 is 18.1 Å². The minimum Gasteiger partial charge on any atom is -0.496 e. The molecule has 0 spiro atoms. The monoisotopic (exact) mass is 303 g/mol. The highest BCUT2D eigenvalue weighted by atomic mass is 79.9. The van der Waals surface area contributed by atoms with Crippen molar-refractivity contribution in [3.63, 3.8) is 0 Å². The number of carbonyl (C=O) groups is 1. The second kappa shape index (κ2) is 6.00. The predicted octanol–water partition coefficient (Wildman–Crippen LogP) is 0.991. The molecular weight excluding hydrogens is 290 g/mol. The fourth-order valence-corrected chi connectivity index (χ4v) is 1.90. The Bertz CT molecular complexity index is 410. The normalized spacial score (nSPS) is 13.9. The van der Waals surface area contributed by atoms with Crippen LogP contribution in [0.1, 0.15) is 11.7 Å². The van der Waals surface area contributed by atoms with Crippen molar-refractivity contribution >= 4 is 21.9 Å². The second-order valence-electron chi connectivity index (χ2n) is 3.39. The number of hydrogen-bond donors (Lipinski definition) is 2. The summed E-state index contributed by atoms with van der Waals surface area (Å²) in [6.45, 7) is 0.